The molecule has 0 aromatic carbocycles. The molecule has 1 aromatic heterocycles. The van der Waals surface area contributed by atoms with Crippen LogP contribution in [0.3, 0.4) is 0 Å². The van der Waals surface area contributed by atoms with E-state index in [0.29, 0.717) is 0 Å². The lowest BCUT2D eigenvalue weighted by molar-refractivity contribution is 1.09. The summed E-state index contributed by atoms with van der Waals surface area (Å²) in [4.78, 5) is 4.24. The Morgan fingerprint density at radius 1 is 1.20 bits per heavy atom. The predicted molar refractivity (Wildman–Crippen MR) is 43.5 cm³/mol. The molecule has 2 heteroatoms. The molecule has 1 nitrogen and oxygen atoms in total. The Labute approximate surface area is 66.0 Å². The number of aryl methyl sites for hydroxylation is 3. The van der Waals surface area contributed by atoms with Crippen molar-refractivity contribution in [3.05, 3.63) is 28.0 Å². The minimum atomic E-state index is 0.753. The van der Waals surface area contributed by atoms with Crippen LogP contribution in [0.15, 0.2) is 6.07 Å². The summed E-state index contributed by atoms with van der Waals surface area (Å²) in [6.45, 7) is 5.90. The summed E-state index contributed by atoms with van der Waals surface area (Å²) >= 11 is 5.82. The van der Waals surface area contributed by atoms with Gasteiger partial charge in [-0.15, -0.1) is 0 Å². The Morgan fingerprint density at radius 3 is 2.30 bits per heavy atom. The molecule has 0 unspecified atom stereocenters. The lowest BCUT2D eigenvalue weighted by Gasteiger charge is -2.01. The highest BCUT2D eigenvalue weighted by Crippen LogP contribution is 2.15. The molecule has 0 spiro atoms. The molecule has 1 aromatic rings. The van der Waals surface area contributed by atoms with Gasteiger partial charge in [-0.05, 0) is 32.4 Å². The van der Waals surface area contributed by atoms with Gasteiger partial charge >= 0.3 is 0 Å². The van der Waals surface area contributed by atoms with Crippen LogP contribution in [0.2, 0.25) is 5.02 Å². The van der Waals surface area contributed by atoms with Crippen LogP contribution in [0.4, 0.5) is 0 Å². The molecule has 0 aliphatic carbocycles. The van der Waals surface area contributed by atoms with Crippen LogP contribution in [0.25, 0.3) is 0 Å². The molecule has 1 heterocycles. The monoisotopic (exact) mass is 155 g/mol. The van der Waals surface area contributed by atoms with Gasteiger partial charge < -0.3 is 0 Å². The maximum atomic E-state index is 5.82. The first kappa shape index (κ1) is 7.55. The number of hydrogen-bond donors (Lipinski definition) is 0. The third kappa shape index (κ3) is 1.29. The normalized spacial score (nSPS) is 10.0. The highest BCUT2D eigenvalue weighted by molar-refractivity contribution is 6.31. The summed E-state index contributed by atoms with van der Waals surface area (Å²) < 4.78 is 0. The van der Waals surface area contributed by atoms with Gasteiger partial charge in [-0.25, -0.2) is 0 Å². The molecule has 0 fully saturated rings. The average molecular weight is 156 g/mol. The first-order valence-corrected chi connectivity index (χ1v) is 3.59. The van der Waals surface area contributed by atoms with Crippen LogP contribution >= 0.6 is 11.6 Å². The fourth-order valence-corrected chi connectivity index (χ4v) is 0.998. The highest BCUT2D eigenvalue weighted by atomic mass is 35.5. The molecule has 10 heavy (non-hydrogen) atoms. The Hall–Kier alpha value is -0.560. The van der Waals surface area contributed by atoms with Gasteiger partial charge in [0.25, 0.3) is 0 Å². The molecule has 0 aliphatic rings. The van der Waals surface area contributed by atoms with E-state index in [0.717, 1.165) is 22.0 Å². The minimum Gasteiger partial charge on any atom is -0.257 e. The van der Waals surface area contributed by atoms with E-state index in [2.05, 4.69) is 4.98 Å². The van der Waals surface area contributed by atoms with Crippen molar-refractivity contribution in [1.29, 1.82) is 0 Å². The number of rotatable bonds is 0. The molecule has 0 N–H and O–H groups in total. The first-order chi connectivity index (χ1) is 4.61. The van der Waals surface area contributed by atoms with Crippen LogP contribution < -0.4 is 0 Å². The molecule has 0 saturated carbocycles. The van der Waals surface area contributed by atoms with E-state index in [4.69, 9.17) is 11.6 Å². The predicted octanol–water partition coefficient (Wildman–Crippen LogP) is 2.66. The van der Waals surface area contributed by atoms with Crippen LogP contribution in [0, 0.1) is 20.8 Å². The van der Waals surface area contributed by atoms with Gasteiger partial charge in [-0.2, -0.15) is 0 Å². The van der Waals surface area contributed by atoms with Crippen molar-refractivity contribution in [3.8, 4) is 0 Å². The van der Waals surface area contributed by atoms with E-state index >= 15 is 0 Å². The topological polar surface area (TPSA) is 12.9 Å². The maximum absolute atomic E-state index is 5.82. The van der Waals surface area contributed by atoms with Gasteiger partial charge in [0.15, 0.2) is 0 Å². The zero-order valence-corrected chi connectivity index (χ0v) is 7.16. The summed E-state index contributed by atoms with van der Waals surface area (Å²) in [6, 6.07) is 1.94. The maximum Gasteiger partial charge on any atom is 0.0621 e. The summed E-state index contributed by atoms with van der Waals surface area (Å²) in [5, 5.41) is 0.753. The third-order valence-electron chi connectivity index (χ3n) is 1.59. The SMILES string of the molecule is Cc1cc(Cl)c(C)nc1C. The van der Waals surface area contributed by atoms with E-state index in [-0.39, 0.29) is 0 Å². The molecule has 0 amide bonds. The van der Waals surface area contributed by atoms with Crippen molar-refractivity contribution < 1.29 is 0 Å². The lowest BCUT2D eigenvalue weighted by atomic mass is 10.2. The summed E-state index contributed by atoms with van der Waals surface area (Å²) in [7, 11) is 0. The van der Waals surface area contributed by atoms with Crippen LogP contribution in [-0.4, -0.2) is 4.98 Å². The second-order valence-corrected chi connectivity index (χ2v) is 2.87. The van der Waals surface area contributed by atoms with Gasteiger partial charge in [0.05, 0.1) is 10.7 Å². The number of aromatic nitrogens is 1. The molecule has 0 radical (unpaired) electrons. The van der Waals surface area contributed by atoms with E-state index in [1.54, 1.807) is 0 Å². The van der Waals surface area contributed by atoms with Crippen molar-refractivity contribution >= 4 is 11.6 Å². The van der Waals surface area contributed by atoms with Gasteiger partial charge in [0.1, 0.15) is 0 Å². The van der Waals surface area contributed by atoms with Gasteiger partial charge in [-0.3, -0.25) is 4.98 Å². The van der Waals surface area contributed by atoms with Crippen LogP contribution in [0.1, 0.15) is 17.0 Å². The second kappa shape index (κ2) is 2.59. The van der Waals surface area contributed by atoms with Crippen molar-refractivity contribution in [2.75, 3.05) is 0 Å². The Morgan fingerprint density at radius 2 is 1.80 bits per heavy atom. The van der Waals surface area contributed by atoms with E-state index in [1.165, 1.54) is 0 Å². The molecule has 0 atom stereocenters. The van der Waals surface area contributed by atoms with E-state index < -0.39 is 0 Å². The average Bonchev–Trinajstić information content (AvgIpc) is 1.84. The molecule has 0 bridgehead atoms. The van der Waals surface area contributed by atoms with E-state index in [1.807, 2.05) is 26.8 Å². The number of pyridine rings is 1. The largest absolute Gasteiger partial charge is 0.257 e. The quantitative estimate of drug-likeness (QED) is 0.562. The van der Waals surface area contributed by atoms with E-state index in [9.17, 15) is 0 Å². The first-order valence-electron chi connectivity index (χ1n) is 3.21. The fourth-order valence-electron chi connectivity index (χ4n) is 0.792. The van der Waals surface area contributed by atoms with Gasteiger partial charge in [0, 0.05) is 5.69 Å². The summed E-state index contributed by atoms with van der Waals surface area (Å²) in [5.74, 6) is 0. The molecule has 1 rings (SSSR count). The molecule has 54 valence electrons. The van der Waals surface area contributed by atoms with Crippen LogP contribution in [-0.2, 0) is 0 Å². The summed E-state index contributed by atoms with van der Waals surface area (Å²) in [5.41, 5.74) is 3.11. The fraction of sp³-hybridized carbons (Fsp3) is 0.375. The number of halogens is 1. The minimum absolute atomic E-state index is 0.753. The van der Waals surface area contributed by atoms with Crippen molar-refractivity contribution in [2.24, 2.45) is 0 Å². The molecular formula is C8H10ClN. The Balaban J connectivity index is 3.28. The lowest BCUT2D eigenvalue weighted by Crippen LogP contribution is -1.89. The van der Waals surface area contributed by atoms with Crippen LogP contribution in [0.5, 0.6) is 0 Å². The number of nitrogens with zero attached hydrogens (tertiary/aromatic N) is 1. The van der Waals surface area contributed by atoms with Gasteiger partial charge in [-0.1, -0.05) is 11.6 Å². The van der Waals surface area contributed by atoms with Gasteiger partial charge in [0.2, 0.25) is 0 Å². The zero-order valence-electron chi connectivity index (χ0n) is 6.40. The highest BCUT2D eigenvalue weighted by Gasteiger charge is 1.98. The smallest absolute Gasteiger partial charge is 0.0621 e. The van der Waals surface area contributed by atoms with Crippen molar-refractivity contribution in [2.45, 2.75) is 20.8 Å². The summed E-state index contributed by atoms with van der Waals surface area (Å²) in [6.07, 6.45) is 0. The standard InChI is InChI=1S/C8H10ClN/c1-5-4-8(9)7(3)10-6(5)2/h4H,1-3H3. The Bertz CT molecular complexity index is 205. The molecule has 0 saturated heterocycles. The molecule has 0 aliphatic heterocycles. The zero-order chi connectivity index (χ0) is 7.72. The molecular weight excluding hydrogens is 146 g/mol. The third-order valence-corrected chi connectivity index (χ3v) is 1.98. The van der Waals surface area contributed by atoms with Crippen molar-refractivity contribution in [1.82, 2.24) is 4.98 Å². The number of hydrogen-bond acceptors (Lipinski definition) is 1. The Kier molecular flexibility index (Phi) is 1.95. The second-order valence-electron chi connectivity index (χ2n) is 2.46. The van der Waals surface area contributed by atoms with Crippen molar-refractivity contribution in [3.63, 3.8) is 0 Å².